The summed E-state index contributed by atoms with van der Waals surface area (Å²) in [4.78, 5) is 0. The maximum atomic E-state index is 14.3. The Kier molecular flexibility index (Phi) is 3.57. The van der Waals surface area contributed by atoms with E-state index < -0.39 is 0 Å². The summed E-state index contributed by atoms with van der Waals surface area (Å²) in [5.74, 6) is -0.752. The van der Waals surface area contributed by atoms with Gasteiger partial charge in [-0.25, -0.2) is 8.78 Å². The summed E-state index contributed by atoms with van der Waals surface area (Å²) in [6, 6.07) is 18.0. The molecule has 0 atom stereocenters. The molecule has 0 N–H and O–H groups in total. The molecule has 0 aliphatic heterocycles. The lowest BCUT2D eigenvalue weighted by Gasteiger charge is -2.08. The van der Waals surface area contributed by atoms with E-state index in [0.29, 0.717) is 22.2 Å². The quantitative estimate of drug-likeness (QED) is 0.618. The van der Waals surface area contributed by atoms with Gasteiger partial charge in [-0.3, -0.25) is 0 Å². The first-order valence-electron chi connectivity index (χ1n) is 6.55. The zero-order valence-electron chi connectivity index (χ0n) is 11.2. The molecule has 0 unspecified atom stereocenters. The van der Waals surface area contributed by atoms with Crippen molar-refractivity contribution in [3.05, 3.63) is 78.4 Å². The van der Waals surface area contributed by atoms with Crippen molar-refractivity contribution in [3.63, 3.8) is 0 Å². The molecule has 3 rings (SSSR count). The van der Waals surface area contributed by atoms with Crippen LogP contribution in [0.15, 0.2) is 66.7 Å². The summed E-state index contributed by atoms with van der Waals surface area (Å²) in [6.07, 6.45) is 0. The first-order chi connectivity index (χ1) is 10.1. The maximum Gasteiger partial charge on any atom is 0.131 e. The lowest BCUT2D eigenvalue weighted by molar-refractivity contribution is 0.626. The molecule has 0 aliphatic carbocycles. The van der Waals surface area contributed by atoms with Gasteiger partial charge >= 0.3 is 0 Å². The summed E-state index contributed by atoms with van der Waals surface area (Å²) in [7, 11) is 5.62. The van der Waals surface area contributed by atoms with Gasteiger partial charge in [0.25, 0.3) is 0 Å². The molecule has 0 spiro atoms. The highest BCUT2D eigenvalue weighted by molar-refractivity contribution is 6.32. The largest absolute Gasteiger partial charge is 0.206 e. The second-order valence-electron chi connectivity index (χ2n) is 4.80. The molecule has 2 radical (unpaired) electrons. The smallest absolute Gasteiger partial charge is 0.131 e. The third kappa shape index (κ3) is 2.73. The Morgan fingerprint density at radius 1 is 0.619 bits per heavy atom. The molecule has 0 aliphatic rings. The highest BCUT2D eigenvalue weighted by Gasteiger charge is 2.09. The summed E-state index contributed by atoms with van der Waals surface area (Å²) in [6.45, 7) is 0. The van der Waals surface area contributed by atoms with E-state index in [9.17, 15) is 8.78 Å². The zero-order valence-corrected chi connectivity index (χ0v) is 11.2. The second kappa shape index (κ2) is 5.53. The van der Waals surface area contributed by atoms with Crippen molar-refractivity contribution in [2.45, 2.75) is 0 Å². The van der Waals surface area contributed by atoms with Gasteiger partial charge in [-0.15, -0.1) is 0 Å². The Hall–Kier alpha value is -2.42. The fraction of sp³-hybridized carbons (Fsp3) is 0. The van der Waals surface area contributed by atoms with Crippen LogP contribution in [0.5, 0.6) is 0 Å². The predicted octanol–water partition coefficient (Wildman–Crippen LogP) is 4.09. The Morgan fingerprint density at radius 3 is 1.90 bits per heavy atom. The molecule has 0 amide bonds. The van der Waals surface area contributed by atoms with Gasteiger partial charge in [0.2, 0.25) is 0 Å². The third-order valence-electron chi connectivity index (χ3n) is 3.38. The Bertz CT molecular complexity index is 779. The standard InChI is InChI=1S/C18H11BF2/c19-14-8-5-12(6-9-14)16-10-7-13(11-18(16)21)15-3-1-2-4-17(15)20/h1-11H. The Labute approximate surface area is 123 Å². The summed E-state index contributed by atoms with van der Waals surface area (Å²) < 4.78 is 28.0. The van der Waals surface area contributed by atoms with E-state index in [-0.39, 0.29) is 11.6 Å². The molecule has 3 aromatic carbocycles. The van der Waals surface area contributed by atoms with Crippen LogP contribution < -0.4 is 5.46 Å². The van der Waals surface area contributed by atoms with Crippen LogP contribution in [0.25, 0.3) is 22.3 Å². The van der Waals surface area contributed by atoms with Crippen LogP contribution in [0.1, 0.15) is 0 Å². The lowest BCUT2D eigenvalue weighted by Crippen LogP contribution is -1.99. The minimum absolute atomic E-state index is 0.364. The molecule has 0 heterocycles. The number of rotatable bonds is 2. The van der Waals surface area contributed by atoms with Gasteiger partial charge in [0.1, 0.15) is 19.5 Å². The van der Waals surface area contributed by atoms with Crippen LogP contribution >= 0.6 is 0 Å². The molecule has 0 nitrogen and oxygen atoms in total. The SMILES string of the molecule is [B]c1ccc(-c2ccc(-c3ccccc3F)cc2F)cc1. The zero-order chi connectivity index (χ0) is 14.8. The first-order valence-corrected chi connectivity index (χ1v) is 6.55. The molecule has 3 aromatic rings. The van der Waals surface area contributed by atoms with Crippen LogP contribution in [-0.4, -0.2) is 7.85 Å². The van der Waals surface area contributed by atoms with Crippen LogP contribution in [0, 0.1) is 11.6 Å². The van der Waals surface area contributed by atoms with E-state index in [1.54, 1.807) is 54.6 Å². The average Bonchev–Trinajstić information content (AvgIpc) is 2.49. The van der Waals surface area contributed by atoms with Crippen molar-refractivity contribution in [1.82, 2.24) is 0 Å². The average molecular weight is 276 g/mol. The second-order valence-corrected chi connectivity index (χ2v) is 4.80. The van der Waals surface area contributed by atoms with Gasteiger partial charge in [-0.1, -0.05) is 60.1 Å². The number of halogens is 2. The summed E-state index contributed by atoms with van der Waals surface area (Å²) in [5.41, 5.74) is 2.74. The fourth-order valence-electron chi connectivity index (χ4n) is 2.27. The summed E-state index contributed by atoms with van der Waals surface area (Å²) in [5, 5.41) is 0. The third-order valence-corrected chi connectivity index (χ3v) is 3.38. The van der Waals surface area contributed by atoms with E-state index >= 15 is 0 Å². The van der Waals surface area contributed by atoms with Crippen LogP contribution in [0.3, 0.4) is 0 Å². The monoisotopic (exact) mass is 276 g/mol. The molecule has 0 bridgehead atoms. The van der Waals surface area contributed by atoms with E-state index in [0.717, 1.165) is 5.56 Å². The van der Waals surface area contributed by atoms with Crippen LogP contribution in [0.4, 0.5) is 8.78 Å². The van der Waals surface area contributed by atoms with Crippen molar-refractivity contribution in [2.75, 3.05) is 0 Å². The number of hydrogen-bond acceptors (Lipinski definition) is 0. The highest BCUT2D eigenvalue weighted by atomic mass is 19.1. The maximum absolute atomic E-state index is 14.3. The topological polar surface area (TPSA) is 0 Å². The Morgan fingerprint density at radius 2 is 1.24 bits per heavy atom. The minimum Gasteiger partial charge on any atom is -0.206 e. The molecular weight excluding hydrogens is 265 g/mol. The number of benzene rings is 3. The number of hydrogen-bond donors (Lipinski definition) is 0. The first kappa shape index (κ1) is 13.6. The van der Waals surface area contributed by atoms with E-state index in [4.69, 9.17) is 7.85 Å². The van der Waals surface area contributed by atoms with Gasteiger partial charge in [0.15, 0.2) is 0 Å². The predicted molar refractivity (Wildman–Crippen MR) is 82.6 cm³/mol. The molecule has 0 saturated carbocycles. The van der Waals surface area contributed by atoms with Crippen molar-refractivity contribution in [1.29, 1.82) is 0 Å². The van der Waals surface area contributed by atoms with Crippen molar-refractivity contribution in [3.8, 4) is 22.3 Å². The van der Waals surface area contributed by atoms with Gasteiger partial charge in [0.05, 0.1) is 0 Å². The van der Waals surface area contributed by atoms with Crippen molar-refractivity contribution >= 4 is 13.3 Å². The molecule has 0 aromatic heterocycles. The van der Waals surface area contributed by atoms with Crippen LogP contribution in [-0.2, 0) is 0 Å². The molecular formula is C18H11BF2. The van der Waals surface area contributed by atoms with Crippen molar-refractivity contribution < 1.29 is 8.78 Å². The van der Waals surface area contributed by atoms with Gasteiger partial charge in [-0.05, 0) is 23.3 Å². The molecule has 100 valence electrons. The van der Waals surface area contributed by atoms with E-state index in [1.165, 1.54) is 12.1 Å². The molecule has 0 fully saturated rings. The van der Waals surface area contributed by atoms with Gasteiger partial charge in [-0.2, -0.15) is 0 Å². The van der Waals surface area contributed by atoms with Crippen molar-refractivity contribution in [2.24, 2.45) is 0 Å². The fourth-order valence-corrected chi connectivity index (χ4v) is 2.27. The molecule has 0 saturated heterocycles. The van der Waals surface area contributed by atoms with E-state index in [1.807, 2.05) is 0 Å². The Balaban J connectivity index is 2.04. The van der Waals surface area contributed by atoms with Gasteiger partial charge in [0, 0.05) is 11.1 Å². The molecule has 3 heteroatoms. The lowest BCUT2D eigenvalue weighted by atomic mass is 9.93. The van der Waals surface area contributed by atoms with Crippen LogP contribution in [0.2, 0.25) is 0 Å². The normalized spacial score (nSPS) is 10.6. The summed E-state index contributed by atoms with van der Waals surface area (Å²) >= 11 is 0. The minimum atomic E-state index is -0.388. The van der Waals surface area contributed by atoms with Gasteiger partial charge < -0.3 is 0 Å². The molecule has 21 heavy (non-hydrogen) atoms. The highest BCUT2D eigenvalue weighted by Crippen LogP contribution is 2.28. The van der Waals surface area contributed by atoms with E-state index in [2.05, 4.69) is 0 Å².